The molecular weight excluding hydrogens is 473 g/mol. The lowest BCUT2D eigenvalue weighted by molar-refractivity contribution is -0.126. The Kier molecular flexibility index (Phi) is 9.74. The largest absolute Gasteiger partial charge is 0.495 e. The van der Waals surface area contributed by atoms with Gasteiger partial charge in [-0.15, -0.1) is 5.11 Å². The number of Topliss-reactive ketones (excluding diaryl/α,β-unsaturated/α-hetero) is 1. The molecule has 33 heavy (non-hydrogen) atoms. The van der Waals surface area contributed by atoms with Gasteiger partial charge in [0.25, 0.3) is 5.91 Å². The molecule has 2 rings (SSSR count). The van der Waals surface area contributed by atoms with Gasteiger partial charge in [-0.2, -0.15) is 5.11 Å². The smallest absolute Gasteiger partial charge is 0.258 e. The van der Waals surface area contributed by atoms with Crippen LogP contribution in [0.5, 0.6) is 23.0 Å². The van der Waals surface area contributed by atoms with E-state index in [-0.39, 0.29) is 27.2 Å². The molecule has 1 atom stereocenters. The highest BCUT2D eigenvalue weighted by molar-refractivity contribution is 6.34. The number of nitrogens with zero attached hydrogens (tertiary/aromatic N) is 2. The van der Waals surface area contributed by atoms with E-state index in [1.165, 1.54) is 27.2 Å². The van der Waals surface area contributed by atoms with Crippen molar-refractivity contribution in [3.05, 3.63) is 34.3 Å². The summed E-state index contributed by atoms with van der Waals surface area (Å²) in [7, 11) is 2.84. The highest BCUT2D eigenvalue weighted by Gasteiger charge is 2.26. The third kappa shape index (κ3) is 6.49. The van der Waals surface area contributed by atoms with E-state index in [4.69, 9.17) is 42.1 Å². The minimum absolute atomic E-state index is 0.168. The van der Waals surface area contributed by atoms with Crippen LogP contribution in [0.2, 0.25) is 10.0 Å². The van der Waals surface area contributed by atoms with Gasteiger partial charge in [-0.05, 0) is 32.9 Å². The van der Waals surface area contributed by atoms with Gasteiger partial charge in [0, 0.05) is 12.1 Å². The van der Waals surface area contributed by atoms with Crippen molar-refractivity contribution in [3.63, 3.8) is 0 Å². The fraction of sp³-hybridized carbons (Fsp3) is 0.364. The summed E-state index contributed by atoms with van der Waals surface area (Å²) in [6.45, 7) is 5.63. The zero-order valence-corrected chi connectivity index (χ0v) is 20.4. The summed E-state index contributed by atoms with van der Waals surface area (Å²) >= 11 is 12.6. The molecule has 0 aliphatic carbocycles. The normalized spacial score (nSPS) is 11.7. The Balaban J connectivity index is 2.36. The molecule has 11 heteroatoms. The molecule has 0 saturated heterocycles. The van der Waals surface area contributed by atoms with Crippen molar-refractivity contribution >= 4 is 46.3 Å². The number of halogens is 2. The molecule has 0 spiro atoms. The average Bonchev–Trinajstić information content (AvgIpc) is 2.76. The van der Waals surface area contributed by atoms with Crippen molar-refractivity contribution < 1.29 is 28.5 Å². The molecule has 1 amide bonds. The first-order valence-corrected chi connectivity index (χ1v) is 10.7. The number of ether oxygens (including phenoxy) is 4. The number of benzene rings is 2. The summed E-state index contributed by atoms with van der Waals surface area (Å²) in [6, 6.07) is 4.80. The summed E-state index contributed by atoms with van der Waals surface area (Å²) in [5.41, 5.74) is 0.412. The Bertz CT molecular complexity index is 1050. The maximum Gasteiger partial charge on any atom is 0.258 e. The lowest BCUT2D eigenvalue weighted by Gasteiger charge is -2.15. The molecule has 1 N–H and O–H groups in total. The maximum atomic E-state index is 12.8. The van der Waals surface area contributed by atoms with Crippen LogP contribution in [-0.2, 0) is 9.59 Å². The molecule has 2 aromatic rings. The number of ketones is 1. The molecule has 0 radical (unpaired) electrons. The van der Waals surface area contributed by atoms with E-state index in [2.05, 4.69) is 15.5 Å². The fourth-order valence-electron chi connectivity index (χ4n) is 2.79. The molecular formula is C22H25Cl2N3O6. The van der Waals surface area contributed by atoms with Crippen LogP contribution in [0.1, 0.15) is 20.8 Å². The number of methoxy groups -OCH3 is 2. The first-order valence-electron chi connectivity index (χ1n) is 9.99. The summed E-state index contributed by atoms with van der Waals surface area (Å²) in [4.78, 5) is 25.0. The summed E-state index contributed by atoms with van der Waals surface area (Å²) in [5, 5.41) is 10.9. The van der Waals surface area contributed by atoms with Crippen LogP contribution in [0, 0.1) is 0 Å². The minimum Gasteiger partial charge on any atom is -0.495 e. The zero-order valence-electron chi connectivity index (χ0n) is 18.9. The molecule has 0 aromatic heterocycles. The third-order valence-electron chi connectivity index (χ3n) is 4.26. The van der Waals surface area contributed by atoms with Gasteiger partial charge >= 0.3 is 0 Å². The van der Waals surface area contributed by atoms with Gasteiger partial charge in [-0.1, -0.05) is 23.2 Å². The highest BCUT2D eigenvalue weighted by atomic mass is 35.5. The zero-order chi connectivity index (χ0) is 24.5. The van der Waals surface area contributed by atoms with Crippen LogP contribution in [0.4, 0.5) is 11.4 Å². The number of nitrogens with one attached hydrogen (secondary N) is 1. The summed E-state index contributed by atoms with van der Waals surface area (Å²) in [5.74, 6) is 0.0816. The second kappa shape index (κ2) is 12.3. The van der Waals surface area contributed by atoms with E-state index in [0.29, 0.717) is 30.5 Å². The lowest BCUT2D eigenvalue weighted by atomic mass is 10.2. The topological polar surface area (TPSA) is 108 Å². The van der Waals surface area contributed by atoms with Gasteiger partial charge in [0.15, 0.2) is 17.3 Å². The number of carbonyl (C=O) groups is 2. The number of carbonyl (C=O) groups excluding carboxylic acids is 2. The van der Waals surface area contributed by atoms with Crippen LogP contribution in [0.3, 0.4) is 0 Å². The molecule has 0 heterocycles. The number of azo groups is 1. The van der Waals surface area contributed by atoms with Crippen molar-refractivity contribution in [2.75, 3.05) is 32.8 Å². The number of hydrogen-bond acceptors (Lipinski definition) is 8. The molecule has 2 aromatic carbocycles. The van der Waals surface area contributed by atoms with Crippen LogP contribution < -0.4 is 24.3 Å². The predicted octanol–water partition coefficient (Wildman–Crippen LogP) is 5.49. The SMILES string of the molecule is CCOc1cc(Cl)c(N=NC(C(C)=O)C(=O)Nc2ccc(OC)c(Cl)c2OC)c(OCC)c1. The second-order valence-electron chi connectivity index (χ2n) is 6.50. The molecule has 9 nitrogen and oxygen atoms in total. The molecule has 0 bridgehead atoms. The van der Waals surface area contributed by atoms with Crippen molar-refractivity contribution in [2.24, 2.45) is 10.2 Å². The Morgan fingerprint density at radius 2 is 1.73 bits per heavy atom. The van der Waals surface area contributed by atoms with E-state index in [9.17, 15) is 9.59 Å². The second-order valence-corrected chi connectivity index (χ2v) is 7.28. The quantitative estimate of drug-likeness (QED) is 0.324. The first-order chi connectivity index (χ1) is 15.8. The van der Waals surface area contributed by atoms with Gasteiger partial charge in [0.1, 0.15) is 22.2 Å². The maximum absolute atomic E-state index is 12.8. The van der Waals surface area contributed by atoms with E-state index in [1.54, 1.807) is 25.1 Å². The monoisotopic (exact) mass is 497 g/mol. The van der Waals surface area contributed by atoms with E-state index < -0.39 is 17.7 Å². The van der Waals surface area contributed by atoms with Gasteiger partial charge in [0.2, 0.25) is 6.04 Å². The Labute approximate surface area is 202 Å². The fourth-order valence-corrected chi connectivity index (χ4v) is 3.35. The van der Waals surface area contributed by atoms with Gasteiger partial charge in [-0.25, -0.2) is 0 Å². The molecule has 1 unspecified atom stereocenters. The highest BCUT2D eigenvalue weighted by Crippen LogP contribution is 2.41. The predicted molar refractivity (Wildman–Crippen MR) is 126 cm³/mol. The Morgan fingerprint density at radius 3 is 2.30 bits per heavy atom. The Hall–Kier alpha value is -3.04. The molecule has 0 fully saturated rings. The lowest BCUT2D eigenvalue weighted by Crippen LogP contribution is -2.32. The number of amides is 1. The molecule has 0 aliphatic rings. The number of rotatable bonds is 11. The number of hydrogen-bond donors (Lipinski definition) is 1. The van der Waals surface area contributed by atoms with Crippen molar-refractivity contribution in [2.45, 2.75) is 26.8 Å². The van der Waals surface area contributed by atoms with Crippen LogP contribution in [0.15, 0.2) is 34.5 Å². The Morgan fingerprint density at radius 1 is 1.03 bits per heavy atom. The van der Waals surface area contributed by atoms with Gasteiger partial charge in [-0.3, -0.25) is 9.59 Å². The third-order valence-corrected chi connectivity index (χ3v) is 4.91. The number of anilines is 1. The average molecular weight is 498 g/mol. The minimum atomic E-state index is -1.45. The van der Waals surface area contributed by atoms with Gasteiger partial charge < -0.3 is 24.3 Å². The molecule has 178 valence electrons. The van der Waals surface area contributed by atoms with E-state index >= 15 is 0 Å². The summed E-state index contributed by atoms with van der Waals surface area (Å²) < 4.78 is 21.4. The molecule has 0 aliphatic heterocycles. The van der Waals surface area contributed by atoms with E-state index in [0.717, 1.165) is 0 Å². The van der Waals surface area contributed by atoms with Crippen LogP contribution >= 0.6 is 23.2 Å². The van der Waals surface area contributed by atoms with Crippen LogP contribution in [0.25, 0.3) is 0 Å². The van der Waals surface area contributed by atoms with Crippen molar-refractivity contribution in [3.8, 4) is 23.0 Å². The summed E-state index contributed by atoms with van der Waals surface area (Å²) in [6.07, 6.45) is 0. The van der Waals surface area contributed by atoms with Crippen molar-refractivity contribution in [1.82, 2.24) is 0 Å². The van der Waals surface area contributed by atoms with Gasteiger partial charge in [0.05, 0.1) is 38.1 Å². The molecule has 0 saturated carbocycles. The van der Waals surface area contributed by atoms with E-state index in [1.807, 2.05) is 6.92 Å². The first kappa shape index (κ1) is 26.2. The van der Waals surface area contributed by atoms with Crippen LogP contribution in [-0.4, -0.2) is 45.2 Å². The standard InChI is InChI=1S/C22H25Cl2N3O6/c1-6-32-13-10-14(23)20(17(11-13)33-7-2)27-26-19(12(3)28)22(29)25-15-8-9-16(30-4)18(24)21(15)31-5/h8-11,19H,6-7H2,1-5H3,(H,25,29). The van der Waals surface area contributed by atoms with Crippen molar-refractivity contribution in [1.29, 1.82) is 0 Å².